The fourth-order valence-electron chi connectivity index (χ4n) is 5.01. The molecule has 5 unspecified atom stereocenters. The van der Waals surface area contributed by atoms with Crippen LogP contribution in [-0.4, -0.2) is 63.9 Å². The molecule has 0 bridgehead atoms. The standard InChI is InChI=1S/C18H22O10/c1-17-7(13(21)25-3)11(19)9(15(23)27-5)18(17,2)10(16(24)28-6)12(20)8(17)14(22)26-4/h7-10H,1-6H3/t7-,8?,9?,10?,17?,18?/m1/s1. The molecule has 0 aromatic rings. The number of hydrogen-bond acceptors (Lipinski definition) is 10. The zero-order valence-corrected chi connectivity index (χ0v) is 16.4. The zero-order valence-electron chi connectivity index (χ0n) is 16.4. The van der Waals surface area contributed by atoms with Gasteiger partial charge in [0.2, 0.25) is 0 Å². The normalized spacial score (nSPS) is 36.5. The van der Waals surface area contributed by atoms with Gasteiger partial charge in [0.15, 0.2) is 11.6 Å². The highest BCUT2D eigenvalue weighted by molar-refractivity contribution is 6.20. The van der Waals surface area contributed by atoms with Crippen LogP contribution in [0, 0.1) is 34.5 Å². The summed E-state index contributed by atoms with van der Waals surface area (Å²) in [6.07, 6.45) is 0. The van der Waals surface area contributed by atoms with Gasteiger partial charge in [0.05, 0.1) is 28.4 Å². The Morgan fingerprint density at radius 1 is 0.571 bits per heavy atom. The zero-order chi connectivity index (χ0) is 21.6. The van der Waals surface area contributed by atoms with E-state index < -0.39 is 69.9 Å². The van der Waals surface area contributed by atoms with Crippen molar-refractivity contribution in [3.63, 3.8) is 0 Å². The molecule has 0 N–H and O–H groups in total. The molecule has 154 valence electrons. The highest BCUT2D eigenvalue weighted by Crippen LogP contribution is 2.70. The molecule has 0 saturated heterocycles. The lowest BCUT2D eigenvalue weighted by atomic mass is 9.58. The van der Waals surface area contributed by atoms with Gasteiger partial charge >= 0.3 is 23.9 Å². The van der Waals surface area contributed by atoms with Crippen LogP contribution in [-0.2, 0) is 47.7 Å². The average molecular weight is 398 g/mol. The highest BCUT2D eigenvalue weighted by Gasteiger charge is 2.82. The fraction of sp³-hybridized carbons (Fsp3) is 0.667. The maximum absolute atomic E-state index is 13.1. The summed E-state index contributed by atoms with van der Waals surface area (Å²) in [7, 11) is 4.12. The molecule has 0 spiro atoms. The Morgan fingerprint density at radius 2 is 0.750 bits per heavy atom. The van der Waals surface area contributed by atoms with E-state index in [-0.39, 0.29) is 0 Å². The van der Waals surface area contributed by atoms with Crippen molar-refractivity contribution in [1.82, 2.24) is 0 Å². The van der Waals surface area contributed by atoms with Crippen LogP contribution in [0.25, 0.3) is 0 Å². The number of esters is 4. The van der Waals surface area contributed by atoms with Crippen LogP contribution >= 0.6 is 0 Å². The van der Waals surface area contributed by atoms with Crippen LogP contribution in [0.2, 0.25) is 0 Å². The van der Waals surface area contributed by atoms with E-state index >= 15 is 0 Å². The summed E-state index contributed by atoms with van der Waals surface area (Å²) in [5.41, 5.74) is -3.56. The number of fused-ring (bicyclic) bond motifs is 1. The summed E-state index contributed by atoms with van der Waals surface area (Å²) >= 11 is 0. The number of rotatable bonds is 4. The number of carbonyl (C=O) groups is 6. The second kappa shape index (κ2) is 6.99. The SMILES string of the molecule is COC(=O)C1C(=O)C(C(=O)OC)C2(C)[C@@H](C(=O)OC)C(=O)C(C(=O)OC)C12C. The van der Waals surface area contributed by atoms with Gasteiger partial charge in [0.1, 0.15) is 23.7 Å². The molecule has 2 aliphatic carbocycles. The van der Waals surface area contributed by atoms with Crippen molar-refractivity contribution in [1.29, 1.82) is 0 Å². The van der Waals surface area contributed by atoms with Gasteiger partial charge < -0.3 is 18.9 Å². The summed E-state index contributed by atoms with van der Waals surface area (Å²) in [5, 5.41) is 0. The van der Waals surface area contributed by atoms with Gasteiger partial charge in [-0.3, -0.25) is 28.8 Å². The number of ketones is 2. The third-order valence-corrected chi connectivity index (χ3v) is 6.45. The molecule has 0 heterocycles. The number of carbonyl (C=O) groups excluding carboxylic acids is 6. The minimum absolute atomic E-state index is 0.890. The minimum atomic E-state index is -1.78. The van der Waals surface area contributed by atoms with Gasteiger partial charge in [-0.1, -0.05) is 13.8 Å². The summed E-state index contributed by atoms with van der Waals surface area (Å²) < 4.78 is 18.8. The third-order valence-electron chi connectivity index (χ3n) is 6.45. The topological polar surface area (TPSA) is 139 Å². The lowest BCUT2D eigenvalue weighted by molar-refractivity contribution is -0.165. The Hall–Kier alpha value is -2.78. The Balaban J connectivity index is 2.92. The molecule has 10 nitrogen and oxygen atoms in total. The van der Waals surface area contributed by atoms with Gasteiger partial charge in [-0.2, -0.15) is 0 Å². The van der Waals surface area contributed by atoms with Gasteiger partial charge in [-0.15, -0.1) is 0 Å². The van der Waals surface area contributed by atoms with Crippen LogP contribution < -0.4 is 0 Å². The second-order valence-electron chi connectivity index (χ2n) is 7.19. The molecule has 2 rings (SSSR count). The predicted molar refractivity (Wildman–Crippen MR) is 88.3 cm³/mol. The first-order chi connectivity index (χ1) is 13.0. The lowest BCUT2D eigenvalue weighted by Crippen LogP contribution is -2.48. The van der Waals surface area contributed by atoms with Crippen molar-refractivity contribution < 1.29 is 47.7 Å². The summed E-state index contributed by atoms with van der Waals surface area (Å²) in [6.45, 7) is 2.66. The van der Waals surface area contributed by atoms with Crippen molar-refractivity contribution in [2.45, 2.75) is 13.8 Å². The van der Waals surface area contributed by atoms with Gasteiger partial charge in [-0.05, 0) is 0 Å². The first-order valence-corrected chi connectivity index (χ1v) is 8.39. The van der Waals surface area contributed by atoms with E-state index in [1.807, 2.05) is 0 Å². The van der Waals surface area contributed by atoms with Gasteiger partial charge in [0, 0.05) is 10.8 Å². The third kappa shape index (κ3) is 2.33. The molecular weight excluding hydrogens is 376 g/mol. The summed E-state index contributed by atoms with van der Waals surface area (Å²) in [5.74, 6) is -12.5. The highest BCUT2D eigenvalue weighted by atomic mass is 16.5. The number of hydrogen-bond donors (Lipinski definition) is 0. The number of Topliss-reactive ketones (excluding diaryl/α,β-unsaturated/α-hetero) is 2. The maximum atomic E-state index is 13.1. The molecule has 0 amide bonds. The van der Waals surface area contributed by atoms with Gasteiger partial charge in [-0.25, -0.2) is 0 Å². The molecule has 2 fully saturated rings. The van der Waals surface area contributed by atoms with Crippen molar-refractivity contribution in [2.75, 3.05) is 28.4 Å². The van der Waals surface area contributed by atoms with Crippen molar-refractivity contribution in [3.05, 3.63) is 0 Å². The summed E-state index contributed by atoms with van der Waals surface area (Å²) in [4.78, 5) is 76.3. The Kier molecular flexibility index (Phi) is 5.37. The summed E-state index contributed by atoms with van der Waals surface area (Å²) in [6, 6.07) is 0. The van der Waals surface area contributed by atoms with Crippen LogP contribution in [0.3, 0.4) is 0 Å². The van der Waals surface area contributed by atoms with E-state index in [1.54, 1.807) is 0 Å². The first-order valence-electron chi connectivity index (χ1n) is 8.39. The average Bonchev–Trinajstić information content (AvgIpc) is 2.94. The van der Waals surface area contributed by atoms with E-state index in [1.165, 1.54) is 13.8 Å². The van der Waals surface area contributed by atoms with Crippen LogP contribution in [0.15, 0.2) is 0 Å². The van der Waals surface area contributed by atoms with Crippen molar-refractivity contribution in [3.8, 4) is 0 Å². The first kappa shape index (κ1) is 21.5. The van der Waals surface area contributed by atoms with E-state index in [0.29, 0.717) is 0 Å². The molecule has 0 aliphatic heterocycles. The minimum Gasteiger partial charge on any atom is -0.468 e. The molecule has 28 heavy (non-hydrogen) atoms. The monoisotopic (exact) mass is 398 g/mol. The van der Waals surface area contributed by atoms with E-state index in [9.17, 15) is 28.8 Å². The molecule has 6 atom stereocenters. The Morgan fingerprint density at radius 3 is 0.893 bits per heavy atom. The van der Waals surface area contributed by atoms with Crippen molar-refractivity contribution >= 4 is 35.4 Å². The fourth-order valence-corrected chi connectivity index (χ4v) is 5.01. The largest absolute Gasteiger partial charge is 0.468 e. The van der Waals surface area contributed by atoms with Crippen LogP contribution in [0.5, 0.6) is 0 Å². The van der Waals surface area contributed by atoms with Crippen LogP contribution in [0.4, 0.5) is 0 Å². The van der Waals surface area contributed by atoms with E-state index in [2.05, 4.69) is 0 Å². The van der Waals surface area contributed by atoms with Crippen LogP contribution in [0.1, 0.15) is 13.8 Å². The number of ether oxygens (including phenoxy) is 4. The maximum Gasteiger partial charge on any atom is 0.316 e. The molecular formula is C18H22O10. The number of methoxy groups -OCH3 is 4. The molecule has 0 aromatic carbocycles. The van der Waals surface area contributed by atoms with E-state index in [0.717, 1.165) is 28.4 Å². The predicted octanol–water partition coefficient (Wildman–Crippen LogP) is -0.679. The molecule has 0 radical (unpaired) electrons. The molecule has 2 saturated carbocycles. The lowest BCUT2D eigenvalue weighted by Gasteiger charge is -2.41. The molecule has 0 aromatic heterocycles. The second-order valence-corrected chi connectivity index (χ2v) is 7.19. The Bertz CT molecular complexity index is 650. The molecule has 10 heteroatoms. The van der Waals surface area contributed by atoms with E-state index in [4.69, 9.17) is 18.9 Å². The molecule has 2 aliphatic rings. The quantitative estimate of drug-likeness (QED) is 0.340. The Labute approximate surface area is 160 Å². The van der Waals surface area contributed by atoms with Gasteiger partial charge in [0.25, 0.3) is 0 Å². The van der Waals surface area contributed by atoms with Crippen molar-refractivity contribution in [2.24, 2.45) is 34.5 Å². The smallest absolute Gasteiger partial charge is 0.316 e.